The molecule has 3 aliphatic rings. The number of rotatable bonds is 10. The predicted octanol–water partition coefficient (Wildman–Crippen LogP) is 9.76. The van der Waals surface area contributed by atoms with Crippen LogP contribution in [-0.4, -0.2) is 33.6 Å². The van der Waals surface area contributed by atoms with E-state index in [-0.39, 0.29) is 23.0 Å². The van der Waals surface area contributed by atoms with Crippen LogP contribution in [0.1, 0.15) is 94.9 Å². The molecule has 0 saturated carbocycles. The quantitative estimate of drug-likeness (QED) is 0.251. The van der Waals surface area contributed by atoms with Crippen LogP contribution in [0.4, 0.5) is 0 Å². The summed E-state index contributed by atoms with van der Waals surface area (Å²) in [5.41, 5.74) is 5.72. The molecule has 2 saturated heterocycles. The molecule has 0 unspecified atom stereocenters. The van der Waals surface area contributed by atoms with Gasteiger partial charge in [-0.1, -0.05) is 135 Å². The van der Waals surface area contributed by atoms with Gasteiger partial charge in [-0.05, 0) is 77.9 Å². The fraction of sp³-hybridized carbons (Fsp3) is 0.500. The molecule has 3 nitrogen and oxygen atoms in total. The van der Waals surface area contributed by atoms with E-state index < -0.39 is 11.2 Å². The maximum atomic E-state index is 11.1. The summed E-state index contributed by atoms with van der Waals surface area (Å²) in [5.74, 6) is 0. The van der Waals surface area contributed by atoms with Crippen molar-refractivity contribution in [3.8, 4) is 0 Å². The lowest BCUT2D eigenvalue weighted by Crippen LogP contribution is -2.56. The molecule has 1 aliphatic carbocycles. The Kier molecular flexibility index (Phi) is 11.3. The van der Waals surface area contributed by atoms with Gasteiger partial charge in [0.1, 0.15) is 5.60 Å². The third kappa shape index (κ3) is 8.69. The Morgan fingerprint density at radius 2 is 1.23 bits per heavy atom. The Hall–Kier alpha value is -2.72. The Balaban J connectivity index is 1.52. The van der Waals surface area contributed by atoms with Crippen LogP contribution in [0.3, 0.4) is 0 Å². The third-order valence-electron chi connectivity index (χ3n) is 9.36. The van der Waals surface area contributed by atoms with E-state index in [4.69, 9.17) is 4.74 Å². The van der Waals surface area contributed by atoms with Gasteiger partial charge in [0, 0.05) is 11.8 Å². The summed E-state index contributed by atoms with van der Waals surface area (Å²) in [6, 6.07) is 0. The number of allylic oxidation sites excluding steroid dienone is 18. The molecule has 2 aliphatic heterocycles. The summed E-state index contributed by atoms with van der Waals surface area (Å²) in [6.45, 7) is 21.3. The highest BCUT2D eigenvalue weighted by atomic mass is 16.5. The highest BCUT2D eigenvalue weighted by Gasteiger charge is 2.67. The summed E-state index contributed by atoms with van der Waals surface area (Å²) in [5, 5.41) is 21.2. The molecular formula is C40H56O3. The second kappa shape index (κ2) is 13.9. The highest BCUT2D eigenvalue weighted by molar-refractivity contribution is 5.38. The summed E-state index contributed by atoms with van der Waals surface area (Å²) in [6.07, 6.45) is 32.7. The van der Waals surface area contributed by atoms with E-state index >= 15 is 0 Å². The minimum Gasteiger partial charge on any atom is -0.393 e. The molecule has 3 heteroatoms. The monoisotopic (exact) mass is 584 g/mol. The molecule has 2 fully saturated rings. The van der Waals surface area contributed by atoms with E-state index in [1.165, 1.54) is 22.3 Å². The van der Waals surface area contributed by atoms with Crippen molar-refractivity contribution < 1.29 is 14.9 Å². The summed E-state index contributed by atoms with van der Waals surface area (Å²) in [4.78, 5) is 0. The molecule has 0 aromatic carbocycles. The molecule has 234 valence electrons. The zero-order chi connectivity index (χ0) is 32.1. The van der Waals surface area contributed by atoms with E-state index in [0.29, 0.717) is 6.42 Å². The van der Waals surface area contributed by atoms with Gasteiger partial charge in [0.25, 0.3) is 0 Å². The van der Waals surface area contributed by atoms with Crippen molar-refractivity contribution in [1.82, 2.24) is 0 Å². The van der Waals surface area contributed by atoms with Gasteiger partial charge in [0.15, 0.2) is 0 Å². The molecule has 43 heavy (non-hydrogen) atoms. The van der Waals surface area contributed by atoms with Gasteiger partial charge in [-0.15, -0.1) is 0 Å². The van der Waals surface area contributed by atoms with Crippen LogP contribution in [0.15, 0.2) is 119 Å². The SMILES string of the molecule is CC1=C(/C=C/C(C)=C/C=C/C(C)=C/C=C/C=C(C)/C=C/C=C(C)/C=C/[C@@]23O[C@@H](CC2(C)C)C[C@]3(C)O)C(C)(C)C[C@H](O)C1. The Bertz CT molecular complexity index is 1310. The molecule has 3 rings (SSSR count). The average Bonchev–Trinajstić information content (AvgIpc) is 3.28. The first-order chi connectivity index (χ1) is 20.0. The predicted molar refractivity (Wildman–Crippen MR) is 184 cm³/mol. The van der Waals surface area contributed by atoms with Crippen molar-refractivity contribution in [2.45, 2.75) is 118 Å². The molecule has 0 aromatic rings. The van der Waals surface area contributed by atoms with Gasteiger partial charge in [0.2, 0.25) is 0 Å². The van der Waals surface area contributed by atoms with Crippen LogP contribution < -0.4 is 0 Å². The molecule has 2 N–H and O–H groups in total. The van der Waals surface area contributed by atoms with Crippen LogP contribution in [0, 0.1) is 10.8 Å². The number of hydrogen-bond acceptors (Lipinski definition) is 3. The van der Waals surface area contributed by atoms with Crippen molar-refractivity contribution in [2.75, 3.05) is 0 Å². The lowest BCUT2D eigenvalue weighted by molar-refractivity contribution is -0.115. The second-order valence-electron chi connectivity index (χ2n) is 14.6. The van der Waals surface area contributed by atoms with Crippen molar-refractivity contribution >= 4 is 0 Å². The number of ether oxygens (including phenoxy) is 1. The lowest BCUT2D eigenvalue weighted by atomic mass is 9.61. The van der Waals surface area contributed by atoms with Gasteiger partial charge in [-0.2, -0.15) is 0 Å². The maximum absolute atomic E-state index is 11.1. The molecule has 2 heterocycles. The number of fused-ring (bicyclic) bond motifs is 2. The lowest BCUT2D eigenvalue weighted by Gasteiger charge is -2.46. The highest BCUT2D eigenvalue weighted by Crippen LogP contribution is 2.60. The zero-order valence-corrected chi connectivity index (χ0v) is 28.4. The zero-order valence-electron chi connectivity index (χ0n) is 28.4. The van der Waals surface area contributed by atoms with Crippen molar-refractivity contribution in [1.29, 1.82) is 0 Å². The second-order valence-corrected chi connectivity index (χ2v) is 14.6. The smallest absolute Gasteiger partial charge is 0.120 e. The number of aliphatic hydroxyl groups excluding tert-OH is 1. The Morgan fingerprint density at radius 3 is 1.74 bits per heavy atom. The van der Waals surface area contributed by atoms with Gasteiger partial charge in [-0.25, -0.2) is 0 Å². The first-order valence-electron chi connectivity index (χ1n) is 15.9. The normalized spacial score (nSPS) is 32.3. The van der Waals surface area contributed by atoms with Crippen molar-refractivity contribution in [3.05, 3.63) is 119 Å². The van der Waals surface area contributed by atoms with Crippen LogP contribution in [0.2, 0.25) is 0 Å². The van der Waals surface area contributed by atoms with E-state index in [9.17, 15) is 10.2 Å². The van der Waals surface area contributed by atoms with Crippen LogP contribution >= 0.6 is 0 Å². The first-order valence-corrected chi connectivity index (χ1v) is 15.9. The molecule has 4 atom stereocenters. The fourth-order valence-corrected chi connectivity index (χ4v) is 7.18. The molecular weight excluding hydrogens is 528 g/mol. The summed E-state index contributed by atoms with van der Waals surface area (Å²) >= 11 is 0. The Labute approximate surface area is 262 Å². The summed E-state index contributed by atoms with van der Waals surface area (Å²) in [7, 11) is 0. The van der Waals surface area contributed by atoms with Gasteiger partial charge >= 0.3 is 0 Å². The molecule has 0 spiro atoms. The van der Waals surface area contributed by atoms with E-state index in [0.717, 1.165) is 30.4 Å². The Morgan fingerprint density at radius 1 is 0.721 bits per heavy atom. The summed E-state index contributed by atoms with van der Waals surface area (Å²) < 4.78 is 6.31. The minimum absolute atomic E-state index is 0.00123. The van der Waals surface area contributed by atoms with Gasteiger partial charge < -0.3 is 14.9 Å². The van der Waals surface area contributed by atoms with E-state index in [2.05, 4.69) is 147 Å². The fourth-order valence-electron chi connectivity index (χ4n) is 7.18. The van der Waals surface area contributed by atoms with Crippen LogP contribution in [-0.2, 0) is 4.74 Å². The molecule has 0 amide bonds. The van der Waals surface area contributed by atoms with Gasteiger partial charge in [-0.3, -0.25) is 0 Å². The standard InChI is InChI=1S/C40H56O3/c1-29(17-13-19-31(3)21-22-36-33(5)25-34(41)26-37(36,6)7)15-11-12-16-30(2)18-14-20-32(4)23-24-40-38(8,9)27-35(43-40)28-39(40,10)42/h11-24,34-35,41-42H,25-28H2,1-10H3/b12-11+,17-13+,18-14+,22-21+,24-23+,29-15+,30-16+,31-19+,32-20+/t34-,35+,39+,40-/m1/s1. The van der Waals surface area contributed by atoms with E-state index in [1.54, 1.807) is 0 Å². The minimum atomic E-state index is -0.844. The number of aliphatic hydroxyl groups is 2. The topological polar surface area (TPSA) is 49.7 Å². The van der Waals surface area contributed by atoms with Gasteiger partial charge in [0.05, 0.1) is 17.8 Å². The molecule has 2 bridgehead atoms. The third-order valence-corrected chi connectivity index (χ3v) is 9.36. The van der Waals surface area contributed by atoms with Crippen molar-refractivity contribution in [2.24, 2.45) is 10.8 Å². The van der Waals surface area contributed by atoms with E-state index in [1.807, 2.05) is 6.92 Å². The number of hydrogen-bond donors (Lipinski definition) is 2. The largest absolute Gasteiger partial charge is 0.393 e. The molecule has 0 aromatic heterocycles. The van der Waals surface area contributed by atoms with Crippen LogP contribution in [0.25, 0.3) is 0 Å². The maximum Gasteiger partial charge on any atom is 0.120 e. The van der Waals surface area contributed by atoms with Crippen LogP contribution in [0.5, 0.6) is 0 Å². The molecule has 0 radical (unpaired) electrons. The first kappa shape index (κ1) is 34.8. The van der Waals surface area contributed by atoms with Crippen molar-refractivity contribution in [3.63, 3.8) is 0 Å². The average molecular weight is 585 g/mol.